The minimum absolute atomic E-state index is 0.0670. The van der Waals surface area contributed by atoms with Crippen molar-refractivity contribution >= 4 is 16.8 Å². The maximum Gasteiger partial charge on any atom is 0.240 e. The van der Waals surface area contributed by atoms with Gasteiger partial charge in [0.15, 0.2) is 0 Å². The molecule has 5 nitrogen and oxygen atoms in total. The Morgan fingerprint density at radius 1 is 1.12 bits per heavy atom. The number of benzene rings is 1. The molecule has 128 valence electrons. The average molecular weight is 327 g/mol. The molecular formula is C19H25N3O2. The van der Waals surface area contributed by atoms with E-state index in [0.717, 1.165) is 45.8 Å². The molecule has 3 heterocycles. The van der Waals surface area contributed by atoms with E-state index in [4.69, 9.17) is 4.74 Å². The van der Waals surface area contributed by atoms with Crippen molar-refractivity contribution in [2.45, 2.75) is 32.5 Å². The van der Waals surface area contributed by atoms with E-state index in [0.29, 0.717) is 6.54 Å². The van der Waals surface area contributed by atoms with Crippen molar-refractivity contribution < 1.29 is 9.53 Å². The first-order valence-corrected chi connectivity index (χ1v) is 8.92. The van der Waals surface area contributed by atoms with Crippen molar-refractivity contribution in [3.8, 4) is 0 Å². The number of hydrogen-bond acceptors (Lipinski definition) is 3. The van der Waals surface area contributed by atoms with Crippen molar-refractivity contribution in [1.82, 2.24) is 14.4 Å². The van der Waals surface area contributed by atoms with Crippen molar-refractivity contribution in [2.24, 2.45) is 0 Å². The SMILES string of the molecule is CC(C(=O)N1CCn2c(cc3ccccc32)C1)N1CCCOCC1. The standard InChI is InChI=1S/C19H25N3O2/c1-15(20-7-4-11-24-12-10-20)19(23)21-8-9-22-17(14-21)13-16-5-2-3-6-18(16)22/h2-3,5-6,13,15H,4,7-12,14H2,1H3. The molecule has 0 saturated carbocycles. The fourth-order valence-electron chi connectivity index (χ4n) is 3.92. The number of hydrogen-bond donors (Lipinski definition) is 0. The molecule has 24 heavy (non-hydrogen) atoms. The molecule has 0 spiro atoms. The molecular weight excluding hydrogens is 302 g/mol. The number of nitrogens with zero attached hydrogens (tertiary/aromatic N) is 3. The molecule has 1 fully saturated rings. The highest BCUT2D eigenvalue weighted by Gasteiger charge is 2.29. The number of rotatable bonds is 2. The number of ether oxygens (including phenoxy) is 1. The summed E-state index contributed by atoms with van der Waals surface area (Å²) in [4.78, 5) is 17.3. The molecule has 1 aromatic heterocycles. The summed E-state index contributed by atoms with van der Waals surface area (Å²) in [5, 5.41) is 1.26. The second kappa shape index (κ2) is 6.57. The highest BCUT2D eigenvalue weighted by molar-refractivity contribution is 5.84. The second-order valence-electron chi connectivity index (χ2n) is 6.78. The molecule has 2 aliphatic rings. The Bertz CT molecular complexity index is 731. The summed E-state index contributed by atoms with van der Waals surface area (Å²) in [6.45, 7) is 7.75. The van der Waals surface area contributed by atoms with Crippen LogP contribution in [0, 0.1) is 0 Å². The number of carbonyl (C=O) groups excluding carboxylic acids is 1. The van der Waals surface area contributed by atoms with Gasteiger partial charge in [-0.3, -0.25) is 9.69 Å². The average Bonchev–Trinajstić information content (AvgIpc) is 2.79. The van der Waals surface area contributed by atoms with Crippen molar-refractivity contribution in [1.29, 1.82) is 0 Å². The van der Waals surface area contributed by atoms with Crippen molar-refractivity contribution in [2.75, 3.05) is 32.8 Å². The molecule has 5 heteroatoms. The number of para-hydroxylation sites is 1. The third-order valence-corrected chi connectivity index (χ3v) is 5.32. The summed E-state index contributed by atoms with van der Waals surface area (Å²) >= 11 is 0. The van der Waals surface area contributed by atoms with Crippen LogP contribution in [0.15, 0.2) is 30.3 Å². The lowest BCUT2D eigenvalue weighted by Gasteiger charge is -2.34. The zero-order chi connectivity index (χ0) is 16.5. The van der Waals surface area contributed by atoms with E-state index in [-0.39, 0.29) is 11.9 Å². The summed E-state index contributed by atoms with van der Waals surface area (Å²) in [7, 11) is 0. The van der Waals surface area contributed by atoms with Gasteiger partial charge in [-0.05, 0) is 30.9 Å². The summed E-state index contributed by atoms with van der Waals surface area (Å²) in [6, 6.07) is 10.6. The van der Waals surface area contributed by atoms with Gasteiger partial charge in [0.05, 0.1) is 19.2 Å². The molecule has 0 aliphatic carbocycles. The molecule has 2 aromatic rings. The highest BCUT2D eigenvalue weighted by Crippen LogP contribution is 2.24. The molecule has 1 atom stereocenters. The van der Waals surface area contributed by atoms with Crippen LogP contribution in [-0.4, -0.2) is 59.2 Å². The third-order valence-electron chi connectivity index (χ3n) is 5.32. The summed E-state index contributed by atoms with van der Waals surface area (Å²) in [6.07, 6.45) is 1.01. The summed E-state index contributed by atoms with van der Waals surface area (Å²) in [5.41, 5.74) is 2.51. The lowest BCUT2D eigenvalue weighted by Crippen LogP contribution is -2.49. The van der Waals surface area contributed by atoms with Crippen LogP contribution < -0.4 is 0 Å². The van der Waals surface area contributed by atoms with Gasteiger partial charge in [-0.2, -0.15) is 0 Å². The van der Waals surface area contributed by atoms with Gasteiger partial charge in [0.1, 0.15) is 0 Å². The van der Waals surface area contributed by atoms with Gasteiger partial charge in [0, 0.05) is 44.0 Å². The number of aromatic nitrogens is 1. The van der Waals surface area contributed by atoms with Gasteiger partial charge >= 0.3 is 0 Å². The molecule has 1 unspecified atom stereocenters. The summed E-state index contributed by atoms with van der Waals surface area (Å²) in [5.74, 6) is 0.244. The first kappa shape index (κ1) is 15.7. The predicted octanol–water partition coefficient (Wildman–Crippen LogP) is 2.09. The minimum Gasteiger partial charge on any atom is -0.380 e. The molecule has 2 aliphatic heterocycles. The monoisotopic (exact) mass is 327 g/mol. The number of fused-ring (bicyclic) bond motifs is 3. The smallest absolute Gasteiger partial charge is 0.240 e. The zero-order valence-electron chi connectivity index (χ0n) is 14.3. The van der Waals surface area contributed by atoms with E-state index in [2.05, 4.69) is 39.8 Å². The Hall–Kier alpha value is -1.85. The largest absolute Gasteiger partial charge is 0.380 e. The van der Waals surface area contributed by atoms with Crippen LogP contribution in [0.25, 0.3) is 10.9 Å². The van der Waals surface area contributed by atoms with Gasteiger partial charge in [-0.25, -0.2) is 0 Å². The predicted molar refractivity (Wildman–Crippen MR) is 93.8 cm³/mol. The minimum atomic E-state index is -0.0670. The lowest BCUT2D eigenvalue weighted by molar-refractivity contribution is -0.137. The fourth-order valence-corrected chi connectivity index (χ4v) is 3.92. The van der Waals surface area contributed by atoms with Crippen LogP contribution >= 0.6 is 0 Å². The first-order valence-electron chi connectivity index (χ1n) is 8.92. The lowest BCUT2D eigenvalue weighted by atomic mass is 10.2. The molecule has 1 aromatic carbocycles. The van der Waals surface area contributed by atoms with Gasteiger partial charge in [-0.15, -0.1) is 0 Å². The van der Waals surface area contributed by atoms with Gasteiger partial charge in [0.25, 0.3) is 0 Å². The Morgan fingerprint density at radius 2 is 2.00 bits per heavy atom. The molecule has 0 bridgehead atoms. The maximum absolute atomic E-state index is 13.0. The zero-order valence-corrected chi connectivity index (χ0v) is 14.3. The molecule has 0 N–H and O–H groups in total. The highest BCUT2D eigenvalue weighted by atomic mass is 16.5. The van der Waals surface area contributed by atoms with E-state index < -0.39 is 0 Å². The third kappa shape index (κ3) is 2.82. The number of amides is 1. The van der Waals surface area contributed by atoms with Crippen LogP contribution in [0.1, 0.15) is 19.0 Å². The first-order chi connectivity index (χ1) is 11.7. The Kier molecular flexibility index (Phi) is 4.29. The molecule has 1 amide bonds. The molecule has 1 saturated heterocycles. The topological polar surface area (TPSA) is 37.7 Å². The van der Waals surface area contributed by atoms with Gasteiger partial charge < -0.3 is 14.2 Å². The molecule has 0 radical (unpaired) electrons. The normalized spacial score (nSPS) is 20.6. The Labute approximate surface area is 142 Å². The van der Waals surface area contributed by atoms with Crippen LogP contribution in [0.4, 0.5) is 0 Å². The summed E-state index contributed by atoms with van der Waals surface area (Å²) < 4.78 is 7.86. The van der Waals surface area contributed by atoms with E-state index in [9.17, 15) is 4.79 Å². The number of carbonyl (C=O) groups is 1. The quantitative estimate of drug-likeness (QED) is 0.848. The fraction of sp³-hybridized carbons (Fsp3) is 0.526. The maximum atomic E-state index is 13.0. The van der Waals surface area contributed by atoms with Crippen LogP contribution in [0.2, 0.25) is 0 Å². The molecule has 4 rings (SSSR count). The van der Waals surface area contributed by atoms with Crippen LogP contribution in [-0.2, 0) is 22.6 Å². The second-order valence-corrected chi connectivity index (χ2v) is 6.78. The van der Waals surface area contributed by atoms with Gasteiger partial charge in [0.2, 0.25) is 5.91 Å². The van der Waals surface area contributed by atoms with Crippen molar-refractivity contribution in [3.05, 3.63) is 36.0 Å². The van der Waals surface area contributed by atoms with E-state index >= 15 is 0 Å². The van der Waals surface area contributed by atoms with Crippen LogP contribution in [0.5, 0.6) is 0 Å². The van der Waals surface area contributed by atoms with E-state index in [1.54, 1.807) is 0 Å². The van der Waals surface area contributed by atoms with E-state index in [1.165, 1.54) is 16.6 Å². The Balaban J connectivity index is 1.50. The van der Waals surface area contributed by atoms with E-state index in [1.807, 2.05) is 11.8 Å². The van der Waals surface area contributed by atoms with Crippen molar-refractivity contribution in [3.63, 3.8) is 0 Å². The van der Waals surface area contributed by atoms with Crippen LogP contribution in [0.3, 0.4) is 0 Å². The van der Waals surface area contributed by atoms with Gasteiger partial charge in [-0.1, -0.05) is 18.2 Å². The Morgan fingerprint density at radius 3 is 2.92 bits per heavy atom.